The lowest BCUT2D eigenvalue weighted by Gasteiger charge is -2.20. The van der Waals surface area contributed by atoms with Crippen LogP contribution in [0.1, 0.15) is 58.4 Å². The Bertz CT molecular complexity index is 850. The summed E-state index contributed by atoms with van der Waals surface area (Å²) in [5.41, 5.74) is 3.17. The van der Waals surface area contributed by atoms with Crippen LogP contribution in [0.25, 0.3) is 5.65 Å². The Morgan fingerprint density at radius 1 is 1.36 bits per heavy atom. The van der Waals surface area contributed by atoms with Crippen molar-refractivity contribution in [3.63, 3.8) is 0 Å². The van der Waals surface area contributed by atoms with Crippen LogP contribution < -0.4 is 5.32 Å². The first-order chi connectivity index (χ1) is 13.5. The minimum Gasteiger partial charge on any atom is -0.368 e. The van der Waals surface area contributed by atoms with Crippen molar-refractivity contribution < 1.29 is 0 Å². The van der Waals surface area contributed by atoms with E-state index in [1.807, 2.05) is 29.9 Å². The molecule has 2 atom stereocenters. The van der Waals surface area contributed by atoms with Crippen LogP contribution in [0.2, 0.25) is 0 Å². The second-order valence-electron chi connectivity index (χ2n) is 7.64. The first-order valence-corrected chi connectivity index (χ1v) is 10.8. The normalized spacial score (nSPS) is 18.3. The highest BCUT2D eigenvalue weighted by Gasteiger charge is 2.19. The third-order valence-electron chi connectivity index (χ3n) is 5.60. The zero-order valence-corrected chi connectivity index (χ0v) is 18.2. The first-order valence-electron chi connectivity index (χ1n) is 10.4. The van der Waals surface area contributed by atoms with Crippen molar-refractivity contribution >= 4 is 23.1 Å². The van der Waals surface area contributed by atoms with Crippen molar-refractivity contribution in [2.75, 3.05) is 25.0 Å². The van der Waals surface area contributed by atoms with Gasteiger partial charge in [0.1, 0.15) is 5.82 Å². The van der Waals surface area contributed by atoms with Gasteiger partial charge in [0, 0.05) is 28.8 Å². The van der Waals surface area contributed by atoms with E-state index in [0.717, 1.165) is 60.1 Å². The molecule has 1 N–H and O–H groups in total. The number of fused-ring (bicyclic) bond motifs is 1. The highest BCUT2D eigenvalue weighted by Crippen LogP contribution is 2.33. The van der Waals surface area contributed by atoms with Gasteiger partial charge in [0.05, 0.1) is 6.20 Å². The van der Waals surface area contributed by atoms with Gasteiger partial charge in [-0.05, 0) is 64.4 Å². The van der Waals surface area contributed by atoms with Crippen LogP contribution in [-0.4, -0.2) is 45.2 Å². The predicted octanol–water partition coefficient (Wildman–Crippen LogP) is 5.21. The van der Waals surface area contributed by atoms with Gasteiger partial charge in [0.15, 0.2) is 5.65 Å². The number of rotatable bonds is 9. The molecule has 0 amide bonds. The standard InChI is InChI=1S/C22H32ClN5/c1-5-27(6-2)12-7-8-17(4)25-21-11-13-28-22(26-21)19(15-24-28)18-10-9-16(3)20(23)14-18/h9,11,13-15,17-18H,5-8,10,12H2,1-4H3,(H,25,26). The smallest absolute Gasteiger partial charge is 0.161 e. The molecule has 2 aromatic rings. The van der Waals surface area contributed by atoms with Gasteiger partial charge in [-0.25, -0.2) is 9.50 Å². The fourth-order valence-electron chi connectivity index (χ4n) is 3.71. The van der Waals surface area contributed by atoms with Crippen molar-refractivity contribution in [1.29, 1.82) is 0 Å². The summed E-state index contributed by atoms with van der Waals surface area (Å²) in [4.78, 5) is 7.32. The molecular weight excluding hydrogens is 370 g/mol. The van der Waals surface area contributed by atoms with Crippen molar-refractivity contribution in [2.45, 2.75) is 58.9 Å². The molecule has 0 bridgehead atoms. The largest absolute Gasteiger partial charge is 0.368 e. The Morgan fingerprint density at radius 2 is 2.14 bits per heavy atom. The fraction of sp³-hybridized carbons (Fsp3) is 0.545. The van der Waals surface area contributed by atoms with E-state index in [0.29, 0.717) is 6.04 Å². The van der Waals surface area contributed by atoms with Crippen molar-refractivity contribution in [2.24, 2.45) is 0 Å². The summed E-state index contributed by atoms with van der Waals surface area (Å²) in [7, 11) is 0. The summed E-state index contributed by atoms with van der Waals surface area (Å²) in [6.07, 6.45) is 11.5. The SMILES string of the molecule is CCN(CC)CCCC(C)Nc1ccn2ncc(C3C=C(Cl)C(C)=CC3)c2n1. The second kappa shape index (κ2) is 9.57. The Hall–Kier alpha value is -1.85. The Morgan fingerprint density at radius 3 is 2.86 bits per heavy atom. The summed E-state index contributed by atoms with van der Waals surface area (Å²) in [5, 5.41) is 8.85. The monoisotopic (exact) mass is 401 g/mol. The van der Waals surface area contributed by atoms with Crippen LogP contribution in [0.5, 0.6) is 0 Å². The molecule has 3 rings (SSSR count). The first kappa shape index (κ1) is 20.9. The second-order valence-corrected chi connectivity index (χ2v) is 8.05. The molecule has 0 spiro atoms. The lowest BCUT2D eigenvalue weighted by molar-refractivity contribution is 0.295. The van der Waals surface area contributed by atoms with Gasteiger partial charge < -0.3 is 10.2 Å². The van der Waals surface area contributed by atoms with Crippen LogP contribution in [-0.2, 0) is 0 Å². The average Bonchev–Trinajstić information content (AvgIpc) is 3.10. The molecule has 2 heterocycles. The summed E-state index contributed by atoms with van der Waals surface area (Å²) < 4.78 is 1.85. The van der Waals surface area contributed by atoms with E-state index in [1.54, 1.807) is 0 Å². The maximum Gasteiger partial charge on any atom is 0.161 e. The molecular formula is C22H32ClN5. The van der Waals surface area contributed by atoms with Crippen LogP contribution in [0.15, 0.2) is 41.2 Å². The summed E-state index contributed by atoms with van der Waals surface area (Å²) in [6, 6.07) is 2.38. The molecule has 0 aliphatic heterocycles. The molecule has 0 fully saturated rings. The molecule has 28 heavy (non-hydrogen) atoms. The minimum absolute atomic E-state index is 0.225. The molecule has 1 aliphatic carbocycles. The van der Waals surface area contributed by atoms with E-state index >= 15 is 0 Å². The molecule has 2 aromatic heterocycles. The third kappa shape index (κ3) is 4.95. The molecule has 1 aliphatic rings. The van der Waals surface area contributed by atoms with E-state index in [4.69, 9.17) is 16.6 Å². The number of allylic oxidation sites excluding steroid dienone is 4. The molecule has 5 nitrogen and oxygen atoms in total. The number of hydrogen-bond acceptors (Lipinski definition) is 4. The van der Waals surface area contributed by atoms with Gasteiger partial charge in [-0.1, -0.05) is 37.6 Å². The summed E-state index contributed by atoms with van der Waals surface area (Å²) >= 11 is 6.35. The van der Waals surface area contributed by atoms with Crippen LogP contribution >= 0.6 is 11.6 Å². The van der Waals surface area contributed by atoms with Gasteiger partial charge in [-0.2, -0.15) is 5.10 Å². The number of aromatic nitrogens is 3. The topological polar surface area (TPSA) is 45.5 Å². The lowest BCUT2D eigenvalue weighted by Crippen LogP contribution is -2.25. The molecule has 0 saturated carbocycles. The maximum absolute atomic E-state index is 6.35. The maximum atomic E-state index is 6.35. The average molecular weight is 402 g/mol. The zero-order valence-electron chi connectivity index (χ0n) is 17.5. The number of nitrogens with zero attached hydrogens (tertiary/aromatic N) is 4. The zero-order chi connectivity index (χ0) is 20.1. The van der Waals surface area contributed by atoms with Gasteiger partial charge in [0.25, 0.3) is 0 Å². The molecule has 0 saturated heterocycles. The van der Waals surface area contributed by atoms with Gasteiger partial charge in [-0.15, -0.1) is 0 Å². The number of anilines is 1. The Balaban J connectivity index is 1.67. The summed E-state index contributed by atoms with van der Waals surface area (Å²) in [5.74, 6) is 1.13. The van der Waals surface area contributed by atoms with Gasteiger partial charge >= 0.3 is 0 Å². The molecule has 0 aromatic carbocycles. The Labute approximate surface area is 173 Å². The quantitative estimate of drug-likeness (QED) is 0.626. The van der Waals surface area contributed by atoms with Gasteiger partial charge in [0.2, 0.25) is 0 Å². The van der Waals surface area contributed by atoms with Crippen molar-refractivity contribution in [3.8, 4) is 0 Å². The lowest BCUT2D eigenvalue weighted by atomic mass is 9.92. The summed E-state index contributed by atoms with van der Waals surface area (Å²) in [6.45, 7) is 12.1. The van der Waals surface area contributed by atoms with E-state index in [2.05, 4.69) is 48.2 Å². The number of halogens is 1. The van der Waals surface area contributed by atoms with Crippen LogP contribution in [0, 0.1) is 0 Å². The van der Waals surface area contributed by atoms with E-state index in [9.17, 15) is 0 Å². The Kier molecular flexibility index (Phi) is 7.13. The van der Waals surface area contributed by atoms with Crippen LogP contribution in [0.3, 0.4) is 0 Å². The molecule has 2 unspecified atom stereocenters. The molecule has 152 valence electrons. The third-order valence-corrected chi connectivity index (χ3v) is 6.02. The molecule has 0 radical (unpaired) electrons. The molecule has 6 heteroatoms. The predicted molar refractivity (Wildman–Crippen MR) is 118 cm³/mol. The van der Waals surface area contributed by atoms with Crippen LogP contribution in [0.4, 0.5) is 5.82 Å². The highest BCUT2D eigenvalue weighted by atomic mass is 35.5. The van der Waals surface area contributed by atoms with Gasteiger partial charge in [-0.3, -0.25) is 0 Å². The minimum atomic E-state index is 0.225. The highest BCUT2D eigenvalue weighted by molar-refractivity contribution is 6.32. The fourth-order valence-corrected chi connectivity index (χ4v) is 3.94. The van der Waals surface area contributed by atoms with E-state index in [1.165, 1.54) is 6.42 Å². The van der Waals surface area contributed by atoms with Crippen molar-refractivity contribution in [3.05, 3.63) is 46.8 Å². The van der Waals surface area contributed by atoms with E-state index in [-0.39, 0.29) is 5.92 Å². The number of nitrogens with one attached hydrogen (secondary N) is 1. The van der Waals surface area contributed by atoms with Crippen molar-refractivity contribution in [1.82, 2.24) is 19.5 Å². The van der Waals surface area contributed by atoms with E-state index < -0.39 is 0 Å². The number of hydrogen-bond donors (Lipinski definition) is 1.